The lowest BCUT2D eigenvalue weighted by Gasteiger charge is -2.42. The number of hydrogen-bond donors (Lipinski definition) is 1. The predicted octanol–water partition coefficient (Wildman–Crippen LogP) is 3.31. The first-order valence-corrected chi connectivity index (χ1v) is 14.4. The number of amides is 3. The Kier molecular flexibility index (Phi) is 7.47. The van der Waals surface area contributed by atoms with E-state index in [4.69, 9.17) is 4.74 Å². The van der Waals surface area contributed by atoms with E-state index in [1.807, 2.05) is 52.4 Å². The van der Waals surface area contributed by atoms with Crippen LogP contribution in [0.3, 0.4) is 0 Å². The van der Waals surface area contributed by atoms with Crippen LogP contribution in [0.5, 0.6) is 5.75 Å². The van der Waals surface area contributed by atoms with Crippen LogP contribution in [0.2, 0.25) is 0 Å². The van der Waals surface area contributed by atoms with E-state index in [9.17, 15) is 14.4 Å². The molecule has 3 amide bonds. The quantitative estimate of drug-likeness (QED) is 0.456. The Balaban J connectivity index is 1.20. The van der Waals surface area contributed by atoms with Crippen molar-refractivity contribution in [1.82, 2.24) is 25.0 Å². The van der Waals surface area contributed by atoms with Crippen molar-refractivity contribution in [3.05, 3.63) is 60.6 Å². The summed E-state index contributed by atoms with van der Waals surface area (Å²) in [7, 11) is 1.65. The van der Waals surface area contributed by atoms with E-state index in [1.54, 1.807) is 24.4 Å². The van der Waals surface area contributed by atoms with E-state index < -0.39 is 0 Å². The average molecular weight is 557 g/mol. The summed E-state index contributed by atoms with van der Waals surface area (Å²) in [6, 6.07) is 11.8. The highest BCUT2D eigenvalue weighted by atomic mass is 16.5. The minimum absolute atomic E-state index is 0.0729. The number of methoxy groups -OCH3 is 1. The average Bonchev–Trinajstić information content (AvgIpc) is 3.74. The zero-order chi connectivity index (χ0) is 28.4. The third-order valence-corrected chi connectivity index (χ3v) is 9.09. The van der Waals surface area contributed by atoms with E-state index in [1.165, 1.54) is 0 Å². The van der Waals surface area contributed by atoms with Gasteiger partial charge in [0.05, 0.1) is 19.2 Å². The number of benzene rings is 1. The Labute approximate surface area is 239 Å². The fourth-order valence-corrected chi connectivity index (χ4v) is 6.65. The molecular formula is C31H36N6O4. The van der Waals surface area contributed by atoms with Gasteiger partial charge in [-0.2, -0.15) is 5.10 Å². The number of anilines is 1. The molecule has 1 N–H and O–H groups in total. The first-order valence-electron chi connectivity index (χ1n) is 14.4. The number of nitrogens with zero attached hydrogens (tertiary/aromatic N) is 5. The Morgan fingerprint density at radius 2 is 1.95 bits per heavy atom. The predicted molar refractivity (Wildman–Crippen MR) is 153 cm³/mol. The fourth-order valence-electron chi connectivity index (χ4n) is 6.65. The summed E-state index contributed by atoms with van der Waals surface area (Å²) in [6.45, 7) is 3.02. The SMILES string of the molecule is COc1cccc(CC2C(=O)N(c3ccc(-c4cn[nH]c4)cn3)CC23CCN(C(=O)CCN2CCCC2=O)CC3)c1. The number of carbonyl (C=O) groups excluding carboxylic acids is 3. The molecule has 6 rings (SSSR count). The first-order chi connectivity index (χ1) is 20.0. The molecule has 3 saturated heterocycles. The van der Waals surface area contributed by atoms with Crippen molar-refractivity contribution in [3.8, 4) is 16.9 Å². The third-order valence-electron chi connectivity index (χ3n) is 9.09. The molecule has 3 aromatic rings. The van der Waals surface area contributed by atoms with E-state index >= 15 is 0 Å². The van der Waals surface area contributed by atoms with Crippen molar-refractivity contribution < 1.29 is 19.1 Å². The molecule has 3 aliphatic heterocycles. The van der Waals surface area contributed by atoms with Crippen LogP contribution >= 0.6 is 0 Å². The monoisotopic (exact) mass is 556 g/mol. The maximum Gasteiger partial charge on any atom is 0.232 e. The molecule has 5 heterocycles. The van der Waals surface area contributed by atoms with E-state index in [0.717, 1.165) is 48.2 Å². The highest BCUT2D eigenvalue weighted by Gasteiger charge is 2.53. The Bertz CT molecular complexity index is 1400. The highest BCUT2D eigenvalue weighted by molar-refractivity contribution is 5.98. The molecule has 3 aliphatic rings. The molecular weight excluding hydrogens is 520 g/mol. The number of likely N-dealkylation sites (tertiary alicyclic amines) is 2. The zero-order valence-electron chi connectivity index (χ0n) is 23.4. The molecule has 10 nitrogen and oxygen atoms in total. The van der Waals surface area contributed by atoms with E-state index in [-0.39, 0.29) is 29.1 Å². The van der Waals surface area contributed by atoms with E-state index in [2.05, 4.69) is 15.2 Å². The van der Waals surface area contributed by atoms with E-state index in [0.29, 0.717) is 51.3 Å². The lowest BCUT2D eigenvalue weighted by atomic mass is 9.68. The molecule has 214 valence electrons. The summed E-state index contributed by atoms with van der Waals surface area (Å²) < 4.78 is 5.44. The van der Waals surface area contributed by atoms with Gasteiger partial charge in [-0.3, -0.25) is 24.4 Å². The van der Waals surface area contributed by atoms with Crippen LogP contribution in [0.1, 0.15) is 37.7 Å². The molecule has 1 unspecified atom stereocenters. The van der Waals surface area contributed by atoms with Gasteiger partial charge in [0, 0.05) is 74.5 Å². The van der Waals surface area contributed by atoms with Crippen LogP contribution in [0.25, 0.3) is 11.1 Å². The third kappa shape index (κ3) is 5.42. The second-order valence-electron chi connectivity index (χ2n) is 11.4. The van der Waals surface area contributed by atoms with Gasteiger partial charge in [0.25, 0.3) is 0 Å². The normalized spacial score (nSPS) is 20.3. The molecule has 0 radical (unpaired) electrons. The summed E-state index contributed by atoms with van der Waals surface area (Å²) in [5, 5.41) is 6.83. The summed E-state index contributed by atoms with van der Waals surface area (Å²) in [6.07, 6.45) is 9.23. The second kappa shape index (κ2) is 11.3. The summed E-state index contributed by atoms with van der Waals surface area (Å²) >= 11 is 0. The maximum absolute atomic E-state index is 14.1. The number of ether oxygens (including phenoxy) is 1. The molecule has 1 spiro atoms. The van der Waals surface area contributed by atoms with Gasteiger partial charge in [0.2, 0.25) is 17.7 Å². The Morgan fingerprint density at radius 3 is 2.63 bits per heavy atom. The van der Waals surface area contributed by atoms with Crippen molar-refractivity contribution in [3.63, 3.8) is 0 Å². The maximum atomic E-state index is 14.1. The lowest BCUT2D eigenvalue weighted by molar-refractivity contribution is -0.135. The minimum atomic E-state index is -0.271. The Morgan fingerprint density at radius 1 is 1.10 bits per heavy atom. The van der Waals surface area contributed by atoms with Crippen molar-refractivity contribution in [2.45, 2.75) is 38.5 Å². The van der Waals surface area contributed by atoms with Crippen LogP contribution < -0.4 is 9.64 Å². The van der Waals surface area contributed by atoms with Crippen molar-refractivity contribution in [1.29, 1.82) is 0 Å². The molecule has 0 aliphatic carbocycles. The summed E-state index contributed by atoms with van der Waals surface area (Å²) in [4.78, 5) is 49.3. The van der Waals surface area contributed by atoms with Crippen LogP contribution in [0.4, 0.5) is 5.82 Å². The molecule has 0 bridgehead atoms. The number of piperidine rings is 1. The number of H-pyrrole nitrogens is 1. The van der Waals surface area contributed by atoms with Crippen LogP contribution in [0.15, 0.2) is 55.0 Å². The van der Waals surface area contributed by atoms with Gasteiger partial charge in [-0.05, 0) is 55.5 Å². The molecule has 41 heavy (non-hydrogen) atoms. The van der Waals surface area contributed by atoms with Crippen LogP contribution in [-0.2, 0) is 20.8 Å². The Hall–Kier alpha value is -4.21. The van der Waals surface area contributed by atoms with Crippen molar-refractivity contribution in [2.24, 2.45) is 11.3 Å². The van der Waals surface area contributed by atoms with Crippen molar-refractivity contribution in [2.75, 3.05) is 44.7 Å². The molecule has 1 atom stereocenters. The van der Waals surface area contributed by atoms with Crippen LogP contribution in [0, 0.1) is 11.3 Å². The van der Waals surface area contributed by atoms with Gasteiger partial charge in [-0.25, -0.2) is 4.98 Å². The number of rotatable bonds is 8. The number of carbonyl (C=O) groups is 3. The minimum Gasteiger partial charge on any atom is -0.497 e. The second-order valence-corrected chi connectivity index (χ2v) is 11.4. The lowest BCUT2D eigenvalue weighted by Crippen LogP contribution is -2.47. The molecule has 1 aromatic carbocycles. The standard InChI is InChI=1S/C31H36N6O4/c1-41-25-5-2-4-22(16-25)17-26-30(40)37(27-8-7-23(18-32-27)24-19-33-34-20-24)21-31(26)10-14-36(15-11-31)29(39)9-13-35-12-3-6-28(35)38/h2,4-5,7-8,16,18-20,26H,3,6,9-15,17,21H2,1H3,(H,33,34). The van der Waals surface area contributed by atoms with Gasteiger partial charge in [0.1, 0.15) is 11.6 Å². The molecule has 3 fully saturated rings. The number of hydrogen-bond acceptors (Lipinski definition) is 6. The van der Waals surface area contributed by atoms with Crippen molar-refractivity contribution >= 4 is 23.5 Å². The summed E-state index contributed by atoms with van der Waals surface area (Å²) in [5.41, 5.74) is 2.66. The van der Waals surface area contributed by atoms with Gasteiger partial charge < -0.3 is 14.5 Å². The summed E-state index contributed by atoms with van der Waals surface area (Å²) in [5.74, 6) is 1.48. The highest BCUT2D eigenvalue weighted by Crippen LogP contribution is 2.48. The smallest absolute Gasteiger partial charge is 0.232 e. The van der Waals surface area contributed by atoms with Gasteiger partial charge in [-0.15, -0.1) is 0 Å². The van der Waals surface area contributed by atoms with Gasteiger partial charge >= 0.3 is 0 Å². The van der Waals surface area contributed by atoms with Gasteiger partial charge in [-0.1, -0.05) is 12.1 Å². The number of aromatic nitrogens is 3. The molecule has 10 heteroatoms. The first kappa shape index (κ1) is 27.0. The topological polar surface area (TPSA) is 112 Å². The molecule has 0 saturated carbocycles. The number of nitrogens with one attached hydrogen (secondary N) is 1. The number of aromatic amines is 1. The zero-order valence-corrected chi connectivity index (χ0v) is 23.4. The fraction of sp³-hybridized carbons (Fsp3) is 0.452. The largest absolute Gasteiger partial charge is 0.497 e. The molecule has 2 aromatic heterocycles. The van der Waals surface area contributed by atoms with Crippen LogP contribution in [-0.4, -0.2) is 82.5 Å². The van der Waals surface area contributed by atoms with Gasteiger partial charge in [0.15, 0.2) is 0 Å². The number of pyridine rings is 1.